The van der Waals surface area contributed by atoms with Gasteiger partial charge in [-0.15, -0.1) is 6.58 Å². The molecule has 0 spiro atoms. The first-order valence-corrected chi connectivity index (χ1v) is 5.33. The van der Waals surface area contributed by atoms with Crippen LogP contribution in [0.4, 0.5) is 0 Å². The van der Waals surface area contributed by atoms with Crippen LogP contribution in [0.25, 0.3) is 0 Å². The lowest BCUT2D eigenvalue weighted by molar-refractivity contribution is 0.421. The average Bonchev–Trinajstić information content (AvgIpc) is 2.05. The van der Waals surface area contributed by atoms with Crippen LogP contribution in [0.5, 0.6) is 0 Å². The van der Waals surface area contributed by atoms with E-state index in [1.54, 1.807) is 0 Å². The number of rotatable bonds is 7. The van der Waals surface area contributed by atoms with E-state index in [-0.39, 0.29) is 0 Å². The minimum atomic E-state index is 0.696. The van der Waals surface area contributed by atoms with E-state index in [4.69, 9.17) is 0 Å². The highest BCUT2D eigenvalue weighted by molar-refractivity contribution is 4.76. The van der Waals surface area contributed by atoms with Crippen molar-refractivity contribution in [3.63, 3.8) is 0 Å². The Balaban J connectivity index is 3.32. The maximum absolute atomic E-state index is 3.81. The van der Waals surface area contributed by atoms with Crippen molar-refractivity contribution in [3.8, 4) is 0 Å². The maximum atomic E-state index is 3.81. The normalized spacial score (nSPS) is 15.6. The fourth-order valence-corrected chi connectivity index (χ4v) is 1.59. The van der Waals surface area contributed by atoms with Crippen LogP contribution in [-0.2, 0) is 0 Å². The van der Waals surface area contributed by atoms with E-state index in [1.807, 2.05) is 0 Å². The van der Waals surface area contributed by atoms with Crippen LogP contribution in [0, 0.1) is 11.8 Å². The van der Waals surface area contributed by atoms with Gasteiger partial charge >= 0.3 is 0 Å². The Kier molecular flexibility index (Phi) is 7.23. The lowest BCUT2D eigenvalue weighted by atomic mass is 9.93. The summed E-state index contributed by atoms with van der Waals surface area (Å²) in [5, 5.41) is 0. The Hall–Kier alpha value is -0.260. The minimum Gasteiger partial charge on any atom is -0.103 e. The molecule has 0 bridgehead atoms. The van der Waals surface area contributed by atoms with E-state index < -0.39 is 0 Å². The second-order valence-electron chi connectivity index (χ2n) is 4.05. The first kappa shape index (κ1) is 11.7. The van der Waals surface area contributed by atoms with Gasteiger partial charge < -0.3 is 0 Å². The van der Waals surface area contributed by atoms with Crippen molar-refractivity contribution >= 4 is 0 Å². The van der Waals surface area contributed by atoms with Crippen molar-refractivity contribution in [2.75, 3.05) is 0 Å². The molecule has 2 unspecified atom stereocenters. The van der Waals surface area contributed by atoms with Crippen LogP contribution in [0.3, 0.4) is 0 Å². The molecule has 0 aliphatic carbocycles. The highest BCUT2D eigenvalue weighted by atomic mass is 14.1. The molecule has 0 amide bonds. The molecule has 72 valence electrons. The summed E-state index contributed by atoms with van der Waals surface area (Å²) in [6, 6.07) is 0. The molecule has 0 saturated carbocycles. The summed E-state index contributed by atoms with van der Waals surface area (Å²) < 4.78 is 0. The zero-order valence-electron chi connectivity index (χ0n) is 8.97. The Morgan fingerprint density at radius 1 is 1.25 bits per heavy atom. The Bertz CT molecular complexity index is 105. The van der Waals surface area contributed by atoms with Gasteiger partial charge in [0, 0.05) is 0 Å². The van der Waals surface area contributed by atoms with Gasteiger partial charge in [0.25, 0.3) is 0 Å². The van der Waals surface area contributed by atoms with Gasteiger partial charge in [0.2, 0.25) is 0 Å². The molecule has 0 N–H and O–H groups in total. The van der Waals surface area contributed by atoms with E-state index in [1.165, 1.54) is 32.1 Å². The van der Waals surface area contributed by atoms with Crippen molar-refractivity contribution in [2.24, 2.45) is 11.8 Å². The smallest absolute Gasteiger partial charge is 0.0262 e. The summed E-state index contributed by atoms with van der Waals surface area (Å²) in [7, 11) is 0. The lowest BCUT2D eigenvalue weighted by Gasteiger charge is -2.13. The number of hydrogen-bond acceptors (Lipinski definition) is 0. The van der Waals surface area contributed by atoms with Crippen molar-refractivity contribution in [1.29, 1.82) is 0 Å². The summed E-state index contributed by atoms with van der Waals surface area (Å²) >= 11 is 0. The van der Waals surface area contributed by atoms with Crippen LogP contribution in [-0.4, -0.2) is 0 Å². The van der Waals surface area contributed by atoms with Crippen molar-refractivity contribution in [2.45, 2.75) is 52.9 Å². The third-order valence-corrected chi connectivity index (χ3v) is 2.48. The van der Waals surface area contributed by atoms with Gasteiger partial charge in [0.15, 0.2) is 0 Å². The lowest BCUT2D eigenvalue weighted by Crippen LogP contribution is -2.00. The summed E-state index contributed by atoms with van der Waals surface area (Å²) in [5.74, 6) is 1.58. The summed E-state index contributed by atoms with van der Waals surface area (Å²) in [6.45, 7) is 10.7. The molecule has 0 aliphatic rings. The zero-order valence-corrected chi connectivity index (χ0v) is 8.97. The molecule has 0 saturated heterocycles. The van der Waals surface area contributed by atoms with E-state index in [0.29, 0.717) is 5.92 Å². The highest BCUT2D eigenvalue weighted by Gasteiger charge is 2.04. The van der Waals surface area contributed by atoms with Gasteiger partial charge in [-0.2, -0.15) is 0 Å². The molecule has 0 rings (SSSR count). The van der Waals surface area contributed by atoms with Gasteiger partial charge in [0.05, 0.1) is 0 Å². The first-order valence-electron chi connectivity index (χ1n) is 5.33. The molecule has 0 nitrogen and oxygen atoms in total. The van der Waals surface area contributed by atoms with Crippen molar-refractivity contribution < 1.29 is 0 Å². The zero-order chi connectivity index (χ0) is 9.40. The third-order valence-electron chi connectivity index (χ3n) is 2.48. The second kappa shape index (κ2) is 7.39. The maximum Gasteiger partial charge on any atom is -0.0262 e. The largest absolute Gasteiger partial charge is 0.103 e. The van der Waals surface area contributed by atoms with E-state index >= 15 is 0 Å². The highest BCUT2D eigenvalue weighted by Crippen LogP contribution is 2.18. The minimum absolute atomic E-state index is 0.696. The summed E-state index contributed by atoms with van der Waals surface area (Å²) in [6.07, 6.45) is 8.91. The fraction of sp³-hybridized carbons (Fsp3) is 0.833. The molecule has 0 radical (unpaired) electrons. The molecule has 0 aliphatic heterocycles. The summed E-state index contributed by atoms with van der Waals surface area (Å²) in [4.78, 5) is 0. The Morgan fingerprint density at radius 2 is 1.92 bits per heavy atom. The van der Waals surface area contributed by atoms with Crippen LogP contribution >= 0.6 is 0 Å². The predicted molar refractivity (Wildman–Crippen MR) is 57.3 cm³/mol. The fourth-order valence-electron chi connectivity index (χ4n) is 1.59. The predicted octanol–water partition coefficient (Wildman–Crippen LogP) is 4.42. The molecule has 0 fully saturated rings. The molecule has 0 heterocycles. The number of hydrogen-bond donors (Lipinski definition) is 0. The molecule has 0 aromatic rings. The van der Waals surface area contributed by atoms with Gasteiger partial charge in [-0.25, -0.2) is 0 Å². The quantitative estimate of drug-likeness (QED) is 0.390. The molecule has 2 atom stereocenters. The van der Waals surface area contributed by atoms with Crippen LogP contribution in [0.15, 0.2) is 12.7 Å². The molecule has 0 heteroatoms. The molecular formula is C12H24. The van der Waals surface area contributed by atoms with E-state index in [2.05, 4.69) is 33.4 Å². The standard InChI is InChI=1S/C12H24/c1-5-7-8-9-12(4)10-11(3)6-2/h6,11-12H,2,5,7-10H2,1,3-4H3. The van der Waals surface area contributed by atoms with Crippen molar-refractivity contribution in [1.82, 2.24) is 0 Å². The molecular weight excluding hydrogens is 144 g/mol. The first-order chi connectivity index (χ1) is 5.70. The number of allylic oxidation sites excluding steroid dienone is 1. The SMILES string of the molecule is C=CC(C)CC(C)CCCCC. The Labute approximate surface area is 78.1 Å². The molecule has 0 aromatic carbocycles. The van der Waals surface area contributed by atoms with Crippen LogP contribution < -0.4 is 0 Å². The van der Waals surface area contributed by atoms with Gasteiger partial charge in [-0.3, -0.25) is 0 Å². The van der Waals surface area contributed by atoms with Crippen molar-refractivity contribution in [3.05, 3.63) is 12.7 Å². The second-order valence-corrected chi connectivity index (χ2v) is 4.05. The summed E-state index contributed by atoms with van der Waals surface area (Å²) in [5.41, 5.74) is 0. The molecule has 12 heavy (non-hydrogen) atoms. The van der Waals surface area contributed by atoms with Crippen LogP contribution in [0.1, 0.15) is 52.9 Å². The monoisotopic (exact) mass is 168 g/mol. The average molecular weight is 168 g/mol. The van der Waals surface area contributed by atoms with Gasteiger partial charge in [0.1, 0.15) is 0 Å². The Morgan fingerprint density at radius 3 is 2.42 bits per heavy atom. The van der Waals surface area contributed by atoms with Crippen LogP contribution in [0.2, 0.25) is 0 Å². The van der Waals surface area contributed by atoms with E-state index in [0.717, 1.165) is 5.92 Å². The van der Waals surface area contributed by atoms with Gasteiger partial charge in [-0.05, 0) is 18.3 Å². The third kappa shape index (κ3) is 6.45. The van der Waals surface area contributed by atoms with E-state index in [9.17, 15) is 0 Å². The number of unbranched alkanes of at least 4 members (excludes halogenated alkanes) is 2. The topological polar surface area (TPSA) is 0 Å². The van der Waals surface area contributed by atoms with Gasteiger partial charge in [-0.1, -0.05) is 52.5 Å². The molecule has 0 aromatic heterocycles.